The Bertz CT molecular complexity index is 320. The first-order valence-electron chi connectivity index (χ1n) is 6.98. The van der Waals surface area contributed by atoms with E-state index in [2.05, 4.69) is 71.5 Å². The Morgan fingerprint density at radius 2 is 1.18 bits per heavy atom. The second-order valence-electron chi connectivity index (χ2n) is 9.00. The van der Waals surface area contributed by atoms with Crippen molar-refractivity contribution in [2.75, 3.05) is 0 Å². The molecule has 0 aromatic heterocycles. The first-order valence-corrected chi connectivity index (χ1v) is 17.6. The molecular formula is C14H32Si3. The van der Waals surface area contributed by atoms with E-state index in [9.17, 15) is 0 Å². The maximum absolute atomic E-state index is 2.73. The Balaban J connectivity index is 3.30. The topological polar surface area (TPSA) is 0 Å². The lowest BCUT2D eigenvalue weighted by molar-refractivity contribution is 0.918. The number of rotatable bonds is 3. The summed E-state index contributed by atoms with van der Waals surface area (Å²) in [6.07, 6.45) is 0. The smallest absolute Gasteiger partial charge is 0.0686 e. The van der Waals surface area contributed by atoms with Gasteiger partial charge >= 0.3 is 0 Å². The van der Waals surface area contributed by atoms with Crippen molar-refractivity contribution < 1.29 is 0 Å². The molecule has 0 saturated heterocycles. The van der Waals surface area contributed by atoms with Gasteiger partial charge in [-0.1, -0.05) is 77.1 Å². The van der Waals surface area contributed by atoms with Crippen molar-refractivity contribution in [1.82, 2.24) is 0 Å². The monoisotopic (exact) mass is 284 g/mol. The van der Waals surface area contributed by atoms with Gasteiger partial charge in [-0.2, -0.15) is 0 Å². The molecule has 0 spiro atoms. The summed E-state index contributed by atoms with van der Waals surface area (Å²) >= 11 is 0. The summed E-state index contributed by atoms with van der Waals surface area (Å²) in [4.78, 5) is 0. The molecule has 1 fully saturated rings. The fraction of sp³-hybridized carbons (Fsp3) is 0.857. The van der Waals surface area contributed by atoms with Crippen LogP contribution in [-0.4, -0.2) is 24.2 Å². The Morgan fingerprint density at radius 1 is 0.824 bits per heavy atom. The number of hydrogen-bond donors (Lipinski definition) is 0. The van der Waals surface area contributed by atoms with Gasteiger partial charge < -0.3 is 0 Å². The zero-order valence-corrected chi connectivity index (χ0v) is 16.7. The fourth-order valence-electron chi connectivity index (χ4n) is 4.50. The molecule has 100 valence electrons. The summed E-state index contributed by atoms with van der Waals surface area (Å²) in [5, 5.41) is 0. The molecule has 0 aromatic rings. The van der Waals surface area contributed by atoms with Gasteiger partial charge in [-0.25, -0.2) is 0 Å². The van der Waals surface area contributed by atoms with Crippen LogP contribution in [0.4, 0.5) is 0 Å². The lowest BCUT2D eigenvalue weighted by atomic mass is 10.5. The third-order valence-electron chi connectivity index (χ3n) is 4.44. The van der Waals surface area contributed by atoms with E-state index in [0.29, 0.717) is 4.66 Å². The quantitative estimate of drug-likeness (QED) is 0.609. The minimum absolute atomic E-state index is 0.681. The Hall–Kier alpha value is 0.391. The highest BCUT2D eigenvalue weighted by Crippen LogP contribution is 2.74. The summed E-state index contributed by atoms with van der Waals surface area (Å²) in [6.45, 7) is 25.5. The third kappa shape index (κ3) is 2.43. The summed E-state index contributed by atoms with van der Waals surface area (Å²) in [5.74, 6) is 0.882. The van der Waals surface area contributed by atoms with Crippen molar-refractivity contribution in [1.29, 1.82) is 0 Å². The van der Waals surface area contributed by atoms with Crippen LogP contribution in [0, 0.1) is 5.92 Å². The van der Waals surface area contributed by atoms with E-state index >= 15 is 0 Å². The third-order valence-corrected chi connectivity index (χ3v) is 16.3. The molecule has 0 aromatic carbocycles. The van der Waals surface area contributed by atoms with Crippen LogP contribution < -0.4 is 0 Å². The Morgan fingerprint density at radius 3 is 1.35 bits per heavy atom. The molecule has 17 heavy (non-hydrogen) atoms. The van der Waals surface area contributed by atoms with Crippen molar-refractivity contribution in [3.8, 4) is 0 Å². The zero-order valence-electron chi connectivity index (χ0n) is 13.7. The van der Waals surface area contributed by atoms with E-state index < -0.39 is 24.2 Å². The molecular weight excluding hydrogens is 252 g/mol. The molecule has 1 aliphatic carbocycles. The molecule has 0 nitrogen and oxygen atoms in total. The molecule has 0 amide bonds. The molecule has 0 heterocycles. The standard InChI is InChI=1S/C14H32Si3/c1-12-13(11-15(2,3)4)14(12,16(5,6)7)17(8,9)10/h11-12H,1-10H3/b13-11+. The molecule has 1 atom stereocenters. The lowest BCUT2D eigenvalue weighted by Gasteiger charge is -2.40. The van der Waals surface area contributed by atoms with Crippen molar-refractivity contribution in [3.05, 3.63) is 11.3 Å². The van der Waals surface area contributed by atoms with Crippen LogP contribution in [-0.2, 0) is 0 Å². The largest absolute Gasteiger partial charge is 0.0955 e. The number of hydrogen-bond acceptors (Lipinski definition) is 0. The predicted octanol–water partition coefficient (Wildman–Crippen LogP) is 5.40. The van der Waals surface area contributed by atoms with Gasteiger partial charge in [0.25, 0.3) is 0 Å². The van der Waals surface area contributed by atoms with Gasteiger partial charge in [0.15, 0.2) is 0 Å². The summed E-state index contributed by atoms with van der Waals surface area (Å²) in [5.41, 5.74) is 4.60. The van der Waals surface area contributed by atoms with Gasteiger partial charge in [0.1, 0.15) is 0 Å². The minimum Gasteiger partial charge on any atom is -0.0955 e. The summed E-state index contributed by atoms with van der Waals surface area (Å²) in [6, 6.07) is 0. The first-order chi connectivity index (χ1) is 7.25. The van der Waals surface area contributed by atoms with E-state index in [0.717, 1.165) is 5.92 Å². The average Bonchev–Trinajstić information content (AvgIpc) is 2.49. The van der Waals surface area contributed by atoms with Gasteiger partial charge in [-0.05, 0) is 10.6 Å². The van der Waals surface area contributed by atoms with E-state index in [1.165, 1.54) is 0 Å². The molecule has 0 N–H and O–H groups in total. The van der Waals surface area contributed by atoms with Gasteiger partial charge in [0, 0.05) is 0 Å². The summed E-state index contributed by atoms with van der Waals surface area (Å²) in [7, 11) is -3.30. The highest BCUT2D eigenvalue weighted by molar-refractivity contribution is 7.01. The first kappa shape index (κ1) is 15.4. The molecule has 3 heteroatoms. The molecule has 0 radical (unpaired) electrons. The normalized spacial score (nSPS) is 27.4. The maximum atomic E-state index is 2.73. The van der Waals surface area contributed by atoms with Crippen LogP contribution in [0.25, 0.3) is 0 Å². The fourth-order valence-corrected chi connectivity index (χ4v) is 20.3. The highest BCUT2D eigenvalue weighted by atomic mass is 28.4. The van der Waals surface area contributed by atoms with E-state index in [1.54, 1.807) is 0 Å². The predicted molar refractivity (Wildman–Crippen MR) is 90.0 cm³/mol. The molecule has 1 unspecified atom stereocenters. The van der Waals surface area contributed by atoms with Crippen LogP contribution in [0.3, 0.4) is 0 Å². The lowest BCUT2D eigenvalue weighted by Crippen LogP contribution is -2.47. The van der Waals surface area contributed by atoms with Crippen molar-refractivity contribution in [2.24, 2.45) is 5.92 Å². The Labute approximate surface area is 112 Å². The van der Waals surface area contributed by atoms with Crippen LogP contribution in [0.5, 0.6) is 0 Å². The molecule has 1 aliphatic rings. The van der Waals surface area contributed by atoms with E-state index in [4.69, 9.17) is 0 Å². The van der Waals surface area contributed by atoms with Crippen LogP contribution >= 0.6 is 0 Å². The molecule has 0 aliphatic heterocycles. The summed E-state index contributed by atoms with van der Waals surface area (Å²) < 4.78 is 0.681. The van der Waals surface area contributed by atoms with Gasteiger partial charge in [-0.3, -0.25) is 0 Å². The molecule has 0 bridgehead atoms. The van der Waals surface area contributed by atoms with Crippen LogP contribution in [0.2, 0.25) is 63.6 Å². The maximum Gasteiger partial charge on any atom is 0.0686 e. The molecule has 1 rings (SSSR count). The SMILES string of the molecule is CC1/C(=C\[Si](C)(C)C)C1([Si](C)(C)C)[Si](C)(C)C. The minimum atomic E-state index is -1.12. The van der Waals surface area contributed by atoms with E-state index in [-0.39, 0.29) is 0 Å². The second kappa shape index (κ2) is 3.94. The highest BCUT2D eigenvalue weighted by Gasteiger charge is 2.69. The van der Waals surface area contributed by atoms with Crippen molar-refractivity contribution in [2.45, 2.75) is 70.5 Å². The second-order valence-corrected chi connectivity index (χ2v) is 25.1. The zero-order chi connectivity index (χ0) is 13.9. The van der Waals surface area contributed by atoms with Crippen molar-refractivity contribution >= 4 is 24.2 Å². The van der Waals surface area contributed by atoms with Gasteiger partial charge in [0.05, 0.1) is 24.2 Å². The van der Waals surface area contributed by atoms with Crippen LogP contribution in [0.1, 0.15) is 6.92 Å². The molecule has 1 saturated carbocycles. The van der Waals surface area contributed by atoms with Gasteiger partial charge in [0.2, 0.25) is 0 Å². The average molecular weight is 285 g/mol. The van der Waals surface area contributed by atoms with E-state index in [1.807, 2.05) is 5.57 Å². The van der Waals surface area contributed by atoms with Crippen molar-refractivity contribution in [3.63, 3.8) is 0 Å². The Kier molecular flexibility index (Phi) is 3.58. The number of allylic oxidation sites excluding steroid dienone is 1. The van der Waals surface area contributed by atoms with Crippen LogP contribution in [0.15, 0.2) is 11.3 Å². The van der Waals surface area contributed by atoms with Gasteiger partial charge in [-0.15, -0.1) is 0 Å².